The van der Waals surface area contributed by atoms with E-state index in [0.29, 0.717) is 6.54 Å². The molecule has 0 amide bonds. The highest BCUT2D eigenvalue weighted by Gasteiger charge is 2.19. The van der Waals surface area contributed by atoms with E-state index in [2.05, 4.69) is 11.9 Å². The first kappa shape index (κ1) is 12.5. The van der Waals surface area contributed by atoms with Crippen molar-refractivity contribution in [3.8, 4) is 0 Å². The minimum Gasteiger partial charge on any atom is -0.326 e. The van der Waals surface area contributed by atoms with Crippen molar-refractivity contribution in [3.63, 3.8) is 0 Å². The second-order valence-corrected chi connectivity index (χ2v) is 5.11. The fourth-order valence-corrected chi connectivity index (χ4v) is 2.41. The molecule has 0 atom stereocenters. The standard InChI is InChI=1S/C14H21FN2/c1-17(9-11-3-2-4-11)10-12-5-6-14(15)7-13(12)8-16/h5-7,11H,2-4,8-10,16H2,1H3. The predicted octanol–water partition coefficient (Wildman–Crippen LogP) is 2.52. The summed E-state index contributed by atoms with van der Waals surface area (Å²) in [6, 6.07) is 4.92. The van der Waals surface area contributed by atoms with E-state index in [1.165, 1.54) is 25.3 Å². The number of rotatable bonds is 5. The number of benzene rings is 1. The molecule has 1 fully saturated rings. The summed E-state index contributed by atoms with van der Waals surface area (Å²) in [5.74, 6) is 0.664. The maximum atomic E-state index is 13.1. The van der Waals surface area contributed by atoms with Gasteiger partial charge in [-0.15, -0.1) is 0 Å². The summed E-state index contributed by atoms with van der Waals surface area (Å²) in [6.45, 7) is 2.41. The van der Waals surface area contributed by atoms with E-state index >= 15 is 0 Å². The fourth-order valence-electron chi connectivity index (χ4n) is 2.41. The summed E-state index contributed by atoms with van der Waals surface area (Å²) >= 11 is 0. The fraction of sp³-hybridized carbons (Fsp3) is 0.571. The van der Waals surface area contributed by atoms with Gasteiger partial charge >= 0.3 is 0 Å². The van der Waals surface area contributed by atoms with Crippen LogP contribution in [0, 0.1) is 11.7 Å². The van der Waals surface area contributed by atoms with Crippen molar-refractivity contribution in [1.82, 2.24) is 4.90 Å². The van der Waals surface area contributed by atoms with Gasteiger partial charge in [-0.3, -0.25) is 0 Å². The van der Waals surface area contributed by atoms with Crippen LogP contribution in [0.2, 0.25) is 0 Å². The zero-order valence-corrected chi connectivity index (χ0v) is 10.5. The molecule has 1 aliphatic rings. The van der Waals surface area contributed by atoms with Crippen molar-refractivity contribution in [1.29, 1.82) is 0 Å². The summed E-state index contributed by atoms with van der Waals surface area (Å²) < 4.78 is 13.1. The molecule has 0 heterocycles. The van der Waals surface area contributed by atoms with Crippen molar-refractivity contribution in [2.24, 2.45) is 11.7 Å². The second-order valence-electron chi connectivity index (χ2n) is 5.11. The van der Waals surface area contributed by atoms with Crippen molar-refractivity contribution >= 4 is 0 Å². The van der Waals surface area contributed by atoms with Crippen LogP contribution in [0.1, 0.15) is 30.4 Å². The van der Waals surface area contributed by atoms with Gasteiger partial charge in [-0.05, 0) is 49.1 Å². The van der Waals surface area contributed by atoms with Crippen LogP contribution in [0.3, 0.4) is 0 Å². The van der Waals surface area contributed by atoms with E-state index in [4.69, 9.17) is 5.73 Å². The van der Waals surface area contributed by atoms with Crippen LogP contribution < -0.4 is 5.73 Å². The summed E-state index contributed by atoms with van der Waals surface area (Å²) in [7, 11) is 2.13. The first-order valence-corrected chi connectivity index (χ1v) is 6.35. The molecule has 1 aromatic carbocycles. The topological polar surface area (TPSA) is 29.3 Å². The van der Waals surface area contributed by atoms with Crippen molar-refractivity contribution in [2.45, 2.75) is 32.4 Å². The van der Waals surface area contributed by atoms with Gasteiger partial charge in [-0.2, -0.15) is 0 Å². The molecule has 1 aromatic rings. The summed E-state index contributed by atoms with van der Waals surface area (Å²) in [6.07, 6.45) is 4.10. The van der Waals surface area contributed by atoms with Gasteiger partial charge in [0, 0.05) is 19.6 Å². The zero-order chi connectivity index (χ0) is 12.3. The van der Waals surface area contributed by atoms with Crippen LogP contribution in [-0.4, -0.2) is 18.5 Å². The number of hydrogen-bond acceptors (Lipinski definition) is 2. The Morgan fingerprint density at radius 1 is 1.35 bits per heavy atom. The first-order chi connectivity index (χ1) is 8.19. The SMILES string of the molecule is CN(Cc1ccc(F)cc1CN)CC1CCC1. The minimum absolute atomic E-state index is 0.198. The molecule has 0 unspecified atom stereocenters. The number of hydrogen-bond donors (Lipinski definition) is 1. The average molecular weight is 236 g/mol. The lowest BCUT2D eigenvalue weighted by atomic mass is 9.85. The van der Waals surface area contributed by atoms with Crippen LogP contribution in [0.4, 0.5) is 4.39 Å². The molecule has 2 N–H and O–H groups in total. The highest BCUT2D eigenvalue weighted by molar-refractivity contribution is 5.27. The Hall–Kier alpha value is -0.930. The monoisotopic (exact) mass is 236 g/mol. The third kappa shape index (κ3) is 3.27. The third-order valence-corrected chi connectivity index (χ3v) is 3.62. The van der Waals surface area contributed by atoms with Crippen LogP contribution in [0.5, 0.6) is 0 Å². The van der Waals surface area contributed by atoms with Crippen LogP contribution in [0.25, 0.3) is 0 Å². The minimum atomic E-state index is -0.198. The van der Waals surface area contributed by atoms with Gasteiger partial charge < -0.3 is 10.6 Å². The molecule has 0 radical (unpaired) electrons. The van der Waals surface area contributed by atoms with E-state index < -0.39 is 0 Å². The van der Waals surface area contributed by atoms with E-state index in [1.807, 2.05) is 6.07 Å². The summed E-state index contributed by atoms with van der Waals surface area (Å²) in [5.41, 5.74) is 7.72. The van der Waals surface area contributed by atoms with E-state index in [0.717, 1.165) is 30.1 Å². The van der Waals surface area contributed by atoms with Crippen LogP contribution in [0.15, 0.2) is 18.2 Å². The molecule has 0 aliphatic heterocycles. The number of halogens is 1. The Kier molecular flexibility index (Phi) is 4.13. The van der Waals surface area contributed by atoms with Gasteiger partial charge in [-0.25, -0.2) is 4.39 Å². The molecule has 0 bridgehead atoms. The maximum Gasteiger partial charge on any atom is 0.123 e. The Labute approximate surface area is 103 Å². The Balaban J connectivity index is 1.96. The van der Waals surface area contributed by atoms with Crippen LogP contribution >= 0.6 is 0 Å². The highest BCUT2D eigenvalue weighted by atomic mass is 19.1. The van der Waals surface area contributed by atoms with Gasteiger partial charge in [0.25, 0.3) is 0 Å². The van der Waals surface area contributed by atoms with E-state index in [1.54, 1.807) is 6.07 Å². The molecule has 1 saturated carbocycles. The smallest absolute Gasteiger partial charge is 0.123 e. The molecular weight excluding hydrogens is 215 g/mol. The van der Waals surface area contributed by atoms with E-state index in [9.17, 15) is 4.39 Å². The quantitative estimate of drug-likeness (QED) is 0.851. The third-order valence-electron chi connectivity index (χ3n) is 3.62. The van der Waals surface area contributed by atoms with Gasteiger partial charge in [0.1, 0.15) is 5.82 Å². The number of nitrogens with zero attached hydrogens (tertiary/aromatic N) is 1. The average Bonchev–Trinajstić information content (AvgIpc) is 2.26. The predicted molar refractivity (Wildman–Crippen MR) is 68.0 cm³/mol. The normalized spacial score (nSPS) is 16.2. The van der Waals surface area contributed by atoms with Gasteiger partial charge in [-0.1, -0.05) is 12.5 Å². The Morgan fingerprint density at radius 3 is 2.71 bits per heavy atom. The first-order valence-electron chi connectivity index (χ1n) is 6.35. The summed E-state index contributed by atoms with van der Waals surface area (Å²) in [5, 5.41) is 0. The van der Waals surface area contributed by atoms with Gasteiger partial charge in [0.2, 0.25) is 0 Å². The van der Waals surface area contributed by atoms with Crippen molar-refractivity contribution in [2.75, 3.05) is 13.6 Å². The molecule has 2 rings (SSSR count). The van der Waals surface area contributed by atoms with Crippen molar-refractivity contribution in [3.05, 3.63) is 35.1 Å². The number of nitrogens with two attached hydrogens (primary N) is 1. The molecule has 94 valence electrons. The molecule has 17 heavy (non-hydrogen) atoms. The molecule has 0 saturated heterocycles. The zero-order valence-electron chi connectivity index (χ0n) is 10.5. The second kappa shape index (κ2) is 5.61. The lowest BCUT2D eigenvalue weighted by Gasteiger charge is -2.30. The maximum absolute atomic E-state index is 13.1. The molecule has 0 spiro atoms. The highest BCUT2D eigenvalue weighted by Crippen LogP contribution is 2.27. The van der Waals surface area contributed by atoms with Gasteiger partial charge in [0.15, 0.2) is 0 Å². The molecule has 1 aliphatic carbocycles. The molecular formula is C14H21FN2. The Bertz CT molecular complexity index is 374. The molecule has 2 nitrogen and oxygen atoms in total. The lowest BCUT2D eigenvalue weighted by Crippen LogP contribution is -2.29. The molecule has 0 aromatic heterocycles. The Morgan fingerprint density at radius 2 is 2.12 bits per heavy atom. The largest absolute Gasteiger partial charge is 0.326 e. The lowest BCUT2D eigenvalue weighted by molar-refractivity contribution is 0.200. The van der Waals surface area contributed by atoms with Crippen LogP contribution in [-0.2, 0) is 13.1 Å². The van der Waals surface area contributed by atoms with E-state index in [-0.39, 0.29) is 5.82 Å². The molecule has 3 heteroatoms. The summed E-state index contributed by atoms with van der Waals surface area (Å²) in [4.78, 5) is 2.32. The van der Waals surface area contributed by atoms with Crippen molar-refractivity contribution < 1.29 is 4.39 Å². The van der Waals surface area contributed by atoms with Gasteiger partial charge in [0.05, 0.1) is 0 Å².